The van der Waals surface area contributed by atoms with Crippen molar-refractivity contribution in [2.24, 2.45) is 11.1 Å². The summed E-state index contributed by atoms with van der Waals surface area (Å²) >= 11 is 5.87. The lowest BCUT2D eigenvalue weighted by atomic mass is 10.0. The fraction of sp³-hybridized carbons (Fsp3) is 0.500. The van der Waals surface area contributed by atoms with Gasteiger partial charge in [0.25, 0.3) is 0 Å². The van der Waals surface area contributed by atoms with E-state index in [2.05, 4.69) is 12.2 Å². The third-order valence-electron chi connectivity index (χ3n) is 3.71. The smallest absolute Gasteiger partial charge is 0.227 e. The second-order valence-electron chi connectivity index (χ2n) is 4.97. The highest BCUT2D eigenvalue weighted by Crippen LogP contribution is 2.45. The molecule has 1 saturated carbocycles. The molecule has 1 aliphatic rings. The van der Waals surface area contributed by atoms with Crippen molar-refractivity contribution in [2.45, 2.75) is 32.2 Å². The third kappa shape index (κ3) is 2.68. The zero-order valence-electron chi connectivity index (χ0n) is 10.6. The molecule has 0 aliphatic heterocycles. The van der Waals surface area contributed by atoms with E-state index in [0.29, 0.717) is 11.6 Å². The maximum Gasteiger partial charge on any atom is 0.227 e. The van der Waals surface area contributed by atoms with Crippen LogP contribution in [0.5, 0.6) is 0 Å². The molecule has 4 heteroatoms. The van der Waals surface area contributed by atoms with Gasteiger partial charge in [0.15, 0.2) is 0 Å². The summed E-state index contributed by atoms with van der Waals surface area (Å²) in [4.78, 5) is 12.2. The second kappa shape index (κ2) is 5.29. The third-order valence-corrected chi connectivity index (χ3v) is 3.96. The Labute approximate surface area is 113 Å². The van der Waals surface area contributed by atoms with E-state index in [0.717, 1.165) is 24.8 Å². The zero-order valence-corrected chi connectivity index (χ0v) is 11.3. The van der Waals surface area contributed by atoms with Crippen LogP contribution in [0.2, 0.25) is 5.02 Å². The highest BCUT2D eigenvalue weighted by molar-refractivity contribution is 6.30. The lowest BCUT2D eigenvalue weighted by Crippen LogP contribution is -2.38. The molecule has 1 aromatic carbocycles. The molecular weight excluding hydrogens is 248 g/mol. The summed E-state index contributed by atoms with van der Waals surface area (Å²) < 4.78 is 0. The number of hydrogen-bond donors (Lipinski definition) is 2. The summed E-state index contributed by atoms with van der Waals surface area (Å²) in [5.74, 6) is 0.0896. The Balaban J connectivity index is 2.05. The number of rotatable bonds is 5. The summed E-state index contributed by atoms with van der Waals surface area (Å²) in [6.07, 6.45) is 2.67. The van der Waals surface area contributed by atoms with Gasteiger partial charge in [0.2, 0.25) is 5.91 Å². The topological polar surface area (TPSA) is 55.1 Å². The average molecular weight is 267 g/mol. The summed E-state index contributed by atoms with van der Waals surface area (Å²) in [5, 5.41) is 3.80. The normalized spacial score (nSPS) is 18.2. The zero-order chi connectivity index (χ0) is 13.2. The van der Waals surface area contributed by atoms with Crippen molar-refractivity contribution >= 4 is 17.5 Å². The predicted octanol–water partition coefficient (Wildman–Crippen LogP) is 2.65. The van der Waals surface area contributed by atoms with Gasteiger partial charge >= 0.3 is 0 Å². The minimum absolute atomic E-state index is 0.0405. The number of benzene rings is 1. The van der Waals surface area contributed by atoms with Crippen molar-refractivity contribution < 1.29 is 4.79 Å². The number of amides is 1. The predicted molar refractivity (Wildman–Crippen MR) is 73.3 cm³/mol. The summed E-state index contributed by atoms with van der Waals surface area (Å²) in [6, 6.07) is 7.65. The van der Waals surface area contributed by atoms with Crippen LogP contribution in [-0.2, 0) is 4.79 Å². The van der Waals surface area contributed by atoms with E-state index in [-0.39, 0.29) is 17.4 Å². The molecular formula is C14H19ClN2O. The van der Waals surface area contributed by atoms with Gasteiger partial charge in [-0.1, -0.05) is 30.7 Å². The van der Waals surface area contributed by atoms with Crippen LogP contribution < -0.4 is 11.1 Å². The molecule has 18 heavy (non-hydrogen) atoms. The Morgan fingerprint density at radius 1 is 1.44 bits per heavy atom. The molecule has 0 bridgehead atoms. The number of hydrogen-bond acceptors (Lipinski definition) is 2. The molecule has 3 N–H and O–H groups in total. The number of carbonyl (C=O) groups excluding carboxylic acids is 1. The standard InChI is InChI=1S/C14H19ClN2O/c1-2-12(10-3-5-11(15)6-4-10)17-13(18)14(9-16)7-8-14/h3-6,12H,2,7-9,16H2,1H3,(H,17,18). The van der Waals surface area contributed by atoms with Gasteiger partial charge in [-0.05, 0) is 37.0 Å². The summed E-state index contributed by atoms with van der Waals surface area (Å²) in [7, 11) is 0. The van der Waals surface area contributed by atoms with Crippen LogP contribution in [-0.4, -0.2) is 12.5 Å². The quantitative estimate of drug-likeness (QED) is 0.861. The molecule has 0 radical (unpaired) electrons. The van der Waals surface area contributed by atoms with Crippen molar-refractivity contribution in [3.05, 3.63) is 34.9 Å². The largest absolute Gasteiger partial charge is 0.349 e. The van der Waals surface area contributed by atoms with Crippen molar-refractivity contribution in [3.63, 3.8) is 0 Å². The van der Waals surface area contributed by atoms with E-state index in [1.807, 2.05) is 24.3 Å². The molecule has 1 aromatic rings. The Morgan fingerprint density at radius 3 is 2.50 bits per heavy atom. The van der Waals surface area contributed by atoms with Crippen LogP contribution in [0, 0.1) is 5.41 Å². The van der Waals surface area contributed by atoms with E-state index in [4.69, 9.17) is 17.3 Å². The van der Waals surface area contributed by atoms with Gasteiger partial charge < -0.3 is 11.1 Å². The van der Waals surface area contributed by atoms with Gasteiger partial charge in [0, 0.05) is 11.6 Å². The molecule has 0 heterocycles. The fourth-order valence-corrected chi connectivity index (χ4v) is 2.23. The highest BCUT2D eigenvalue weighted by atomic mass is 35.5. The molecule has 2 rings (SSSR count). The van der Waals surface area contributed by atoms with Gasteiger partial charge in [-0.25, -0.2) is 0 Å². The van der Waals surface area contributed by atoms with Crippen LogP contribution in [0.4, 0.5) is 0 Å². The maximum atomic E-state index is 12.2. The highest BCUT2D eigenvalue weighted by Gasteiger charge is 2.48. The lowest BCUT2D eigenvalue weighted by molar-refractivity contribution is -0.126. The first kappa shape index (κ1) is 13.4. The molecule has 0 spiro atoms. The van der Waals surface area contributed by atoms with Crippen molar-refractivity contribution in [3.8, 4) is 0 Å². The SMILES string of the molecule is CCC(NC(=O)C1(CN)CC1)c1ccc(Cl)cc1. The van der Waals surface area contributed by atoms with E-state index < -0.39 is 0 Å². The Morgan fingerprint density at radius 2 is 2.06 bits per heavy atom. The van der Waals surface area contributed by atoms with E-state index in [9.17, 15) is 4.79 Å². The number of nitrogens with two attached hydrogens (primary N) is 1. The van der Waals surface area contributed by atoms with Gasteiger partial charge in [0.1, 0.15) is 0 Å². The molecule has 1 aliphatic carbocycles. The van der Waals surface area contributed by atoms with Crippen molar-refractivity contribution in [1.82, 2.24) is 5.32 Å². The first-order valence-corrected chi connectivity index (χ1v) is 6.75. The molecule has 1 fully saturated rings. The molecule has 1 unspecified atom stereocenters. The Kier molecular flexibility index (Phi) is 3.93. The van der Waals surface area contributed by atoms with Crippen LogP contribution >= 0.6 is 11.6 Å². The van der Waals surface area contributed by atoms with Crippen LogP contribution in [0.1, 0.15) is 37.8 Å². The van der Waals surface area contributed by atoms with Crippen molar-refractivity contribution in [1.29, 1.82) is 0 Å². The molecule has 0 aromatic heterocycles. The summed E-state index contributed by atoms with van der Waals surface area (Å²) in [5.41, 5.74) is 6.46. The van der Waals surface area contributed by atoms with Crippen molar-refractivity contribution in [2.75, 3.05) is 6.54 Å². The number of nitrogens with one attached hydrogen (secondary N) is 1. The first-order chi connectivity index (χ1) is 8.61. The second-order valence-corrected chi connectivity index (χ2v) is 5.41. The molecule has 1 amide bonds. The average Bonchev–Trinajstić information content (AvgIpc) is 3.18. The fourth-order valence-electron chi connectivity index (χ4n) is 2.10. The van der Waals surface area contributed by atoms with Gasteiger partial charge in [-0.15, -0.1) is 0 Å². The van der Waals surface area contributed by atoms with Gasteiger partial charge in [-0.2, -0.15) is 0 Å². The monoisotopic (exact) mass is 266 g/mol. The van der Waals surface area contributed by atoms with E-state index in [1.165, 1.54) is 0 Å². The Bertz CT molecular complexity index is 426. The molecule has 1 atom stereocenters. The first-order valence-electron chi connectivity index (χ1n) is 6.38. The molecule has 0 saturated heterocycles. The van der Waals surface area contributed by atoms with E-state index >= 15 is 0 Å². The van der Waals surface area contributed by atoms with Gasteiger partial charge in [0.05, 0.1) is 11.5 Å². The molecule has 98 valence electrons. The van der Waals surface area contributed by atoms with E-state index in [1.54, 1.807) is 0 Å². The van der Waals surface area contributed by atoms with Crippen LogP contribution in [0.15, 0.2) is 24.3 Å². The van der Waals surface area contributed by atoms with Gasteiger partial charge in [-0.3, -0.25) is 4.79 Å². The minimum atomic E-state index is -0.292. The maximum absolute atomic E-state index is 12.2. The number of carbonyl (C=O) groups is 1. The minimum Gasteiger partial charge on any atom is -0.349 e. The lowest BCUT2D eigenvalue weighted by Gasteiger charge is -2.21. The number of halogens is 1. The van der Waals surface area contributed by atoms with Crippen LogP contribution in [0.3, 0.4) is 0 Å². The van der Waals surface area contributed by atoms with Crippen LogP contribution in [0.25, 0.3) is 0 Å². The summed E-state index contributed by atoms with van der Waals surface area (Å²) in [6.45, 7) is 2.50. The molecule has 3 nitrogen and oxygen atoms in total. The Hall–Kier alpha value is -1.06.